The van der Waals surface area contributed by atoms with Gasteiger partial charge in [0.1, 0.15) is 0 Å². The second-order valence-electron chi connectivity index (χ2n) is 6.62. The zero-order chi connectivity index (χ0) is 18.8. The molecule has 0 bridgehead atoms. The second-order valence-corrected chi connectivity index (χ2v) is 7.02. The zero-order valence-corrected chi connectivity index (χ0v) is 15.7. The first-order valence-electron chi connectivity index (χ1n) is 8.82. The van der Waals surface area contributed by atoms with Crippen LogP contribution in [0, 0.1) is 6.92 Å². The number of aromatic nitrogens is 2. The van der Waals surface area contributed by atoms with Gasteiger partial charge in [-0.25, -0.2) is 14.8 Å². The van der Waals surface area contributed by atoms with Crippen LogP contribution in [0.1, 0.15) is 16.8 Å². The third kappa shape index (κ3) is 3.78. The highest BCUT2D eigenvalue weighted by molar-refractivity contribution is 6.33. The molecule has 3 aromatic rings. The van der Waals surface area contributed by atoms with Gasteiger partial charge >= 0.3 is 6.03 Å². The van der Waals surface area contributed by atoms with Crippen LogP contribution < -0.4 is 5.32 Å². The van der Waals surface area contributed by atoms with Crippen LogP contribution in [0.4, 0.5) is 10.5 Å². The van der Waals surface area contributed by atoms with E-state index < -0.39 is 0 Å². The van der Waals surface area contributed by atoms with Gasteiger partial charge in [0.25, 0.3) is 0 Å². The average Bonchev–Trinajstić information content (AvgIpc) is 2.70. The number of amides is 2. The van der Waals surface area contributed by atoms with Crippen molar-refractivity contribution < 1.29 is 4.79 Å². The van der Waals surface area contributed by atoms with Crippen LogP contribution in [0.15, 0.2) is 54.7 Å². The highest BCUT2D eigenvalue weighted by Gasteiger charge is 2.23. The van der Waals surface area contributed by atoms with Gasteiger partial charge in [-0.15, -0.1) is 0 Å². The molecule has 5 nitrogen and oxygen atoms in total. The van der Waals surface area contributed by atoms with Crippen molar-refractivity contribution in [1.29, 1.82) is 0 Å². The van der Waals surface area contributed by atoms with E-state index in [0.717, 1.165) is 28.2 Å². The Morgan fingerprint density at radius 2 is 2.00 bits per heavy atom. The Morgan fingerprint density at radius 3 is 2.78 bits per heavy atom. The van der Waals surface area contributed by atoms with Crippen LogP contribution in [-0.4, -0.2) is 27.4 Å². The number of aryl methyl sites for hydroxylation is 1. The SMILES string of the molecule is Cc1ccc(NC(=O)N2CCc3nc(-c4ccccc4)ncc3C2)c(Cl)c1. The van der Waals surface area contributed by atoms with Gasteiger partial charge in [0.2, 0.25) is 0 Å². The van der Waals surface area contributed by atoms with E-state index >= 15 is 0 Å². The maximum atomic E-state index is 12.6. The Kier molecular flexibility index (Phi) is 4.77. The summed E-state index contributed by atoms with van der Waals surface area (Å²) in [5, 5.41) is 3.43. The molecule has 2 amide bonds. The van der Waals surface area contributed by atoms with Crippen LogP contribution >= 0.6 is 11.6 Å². The number of rotatable bonds is 2. The fourth-order valence-corrected chi connectivity index (χ4v) is 3.41. The minimum atomic E-state index is -0.168. The van der Waals surface area contributed by atoms with Crippen molar-refractivity contribution in [1.82, 2.24) is 14.9 Å². The molecule has 2 heterocycles. The van der Waals surface area contributed by atoms with Crippen molar-refractivity contribution in [2.45, 2.75) is 19.9 Å². The molecule has 0 saturated heterocycles. The number of hydrogen-bond acceptors (Lipinski definition) is 3. The Balaban J connectivity index is 1.49. The highest BCUT2D eigenvalue weighted by Crippen LogP contribution is 2.25. The largest absolute Gasteiger partial charge is 0.322 e. The van der Waals surface area contributed by atoms with Gasteiger partial charge in [0, 0.05) is 30.3 Å². The molecular weight excluding hydrogens is 360 g/mol. The lowest BCUT2D eigenvalue weighted by atomic mass is 10.1. The molecule has 1 aliphatic heterocycles. The minimum absolute atomic E-state index is 0.168. The molecule has 1 aliphatic rings. The van der Waals surface area contributed by atoms with Crippen molar-refractivity contribution in [2.75, 3.05) is 11.9 Å². The topological polar surface area (TPSA) is 58.1 Å². The van der Waals surface area contributed by atoms with Gasteiger partial charge in [-0.05, 0) is 24.6 Å². The molecule has 6 heteroatoms. The highest BCUT2D eigenvalue weighted by atomic mass is 35.5. The van der Waals surface area contributed by atoms with Crippen molar-refractivity contribution in [3.8, 4) is 11.4 Å². The summed E-state index contributed by atoms with van der Waals surface area (Å²) >= 11 is 6.22. The van der Waals surface area contributed by atoms with Crippen LogP contribution in [0.3, 0.4) is 0 Å². The molecule has 2 aromatic carbocycles. The molecular formula is C21H19ClN4O. The maximum Gasteiger partial charge on any atom is 0.322 e. The predicted octanol–water partition coefficient (Wildman–Crippen LogP) is 4.70. The molecule has 0 spiro atoms. The van der Waals surface area contributed by atoms with Crippen LogP contribution in [0.2, 0.25) is 5.02 Å². The van der Waals surface area contributed by atoms with Crippen LogP contribution in [0.5, 0.6) is 0 Å². The fraction of sp³-hybridized carbons (Fsp3) is 0.190. The molecule has 4 rings (SSSR count). The summed E-state index contributed by atoms with van der Waals surface area (Å²) in [6, 6.07) is 15.3. The van der Waals surface area contributed by atoms with Gasteiger partial charge in [0.15, 0.2) is 5.82 Å². The summed E-state index contributed by atoms with van der Waals surface area (Å²) in [6.45, 7) is 3.05. The zero-order valence-electron chi connectivity index (χ0n) is 14.9. The predicted molar refractivity (Wildman–Crippen MR) is 107 cm³/mol. The summed E-state index contributed by atoms with van der Waals surface area (Å²) in [4.78, 5) is 23.5. The van der Waals surface area contributed by atoms with Crippen molar-refractivity contribution in [2.24, 2.45) is 0 Å². The Morgan fingerprint density at radius 1 is 1.19 bits per heavy atom. The molecule has 1 N–H and O–H groups in total. The summed E-state index contributed by atoms with van der Waals surface area (Å²) in [5.74, 6) is 0.721. The number of anilines is 1. The van der Waals surface area contributed by atoms with Gasteiger partial charge in [-0.2, -0.15) is 0 Å². The van der Waals surface area contributed by atoms with E-state index in [4.69, 9.17) is 16.6 Å². The Bertz CT molecular complexity index is 991. The van der Waals surface area contributed by atoms with E-state index in [9.17, 15) is 4.79 Å². The van der Waals surface area contributed by atoms with E-state index in [0.29, 0.717) is 30.2 Å². The molecule has 0 saturated carbocycles. The summed E-state index contributed by atoms with van der Waals surface area (Å²) < 4.78 is 0. The van der Waals surface area contributed by atoms with Crippen LogP contribution in [-0.2, 0) is 13.0 Å². The first kappa shape index (κ1) is 17.5. The maximum absolute atomic E-state index is 12.6. The van der Waals surface area contributed by atoms with E-state index in [2.05, 4.69) is 10.3 Å². The van der Waals surface area contributed by atoms with Gasteiger partial charge < -0.3 is 10.2 Å². The van der Waals surface area contributed by atoms with Crippen molar-refractivity contribution >= 4 is 23.3 Å². The lowest BCUT2D eigenvalue weighted by Crippen LogP contribution is -2.39. The Labute approximate surface area is 163 Å². The number of urea groups is 1. The average molecular weight is 379 g/mol. The second kappa shape index (κ2) is 7.37. The van der Waals surface area contributed by atoms with E-state index in [1.165, 1.54) is 0 Å². The van der Waals surface area contributed by atoms with E-state index in [1.54, 1.807) is 4.90 Å². The smallest absolute Gasteiger partial charge is 0.320 e. The first-order chi connectivity index (χ1) is 13.1. The van der Waals surface area contributed by atoms with Gasteiger partial charge in [0.05, 0.1) is 22.9 Å². The molecule has 0 radical (unpaired) electrons. The third-order valence-corrected chi connectivity index (χ3v) is 4.93. The molecule has 0 unspecified atom stereocenters. The number of halogens is 1. The third-order valence-electron chi connectivity index (χ3n) is 4.62. The van der Waals surface area contributed by atoms with Crippen molar-refractivity contribution in [3.63, 3.8) is 0 Å². The summed E-state index contributed by atoms with van der Waals surface area (Å²) in [7, 11) is 0. The number of carbonyl (C=O) groups excluding carboxylic acids is 1. The number of nitrogens with one attached hydrogen (secondary N) is 1. The lowest BCUT2D eigenvalue weighted by molar-refractivity contribution is 0.206. The number of carbonyl (C=O) groups is 1. The Hall–Kier alpha value is -2.92. The fourth-order valence-electron chi connectivity index (χ4n) is 3.13. The molecule has 136 valence electrons. The number of hydrogen-bond donors (Lipinski definition) is 1. The number of fused-ring (bicyclic) bond motifs is 1. The minimum Gasteiger partial charge on any atom is -0.320 e. The van der Waals surface area contributed by atoms with E-state index in [1.807, 2.05) is 61.7 Å². The normalized spacial score (nSPS) is 13.2. The number of benzene rings is 2. The summed E-state index contributed by atoms with van der Waals surface area (Å²) in [6.07, 6.45) is 2.52. The molecule has 0 atom stereocenters. The lowest BCUT2D eigenvalue weighted by Gasteiger charge is -2.28. The monoisotopic (exact) mass is 378 g/mol. The van der Waals surface area contributed by atoms with Crippen molar-refractivity contribution in [3.05, 3.63) is 76.6 Å². The quantitative estimate of drug-likeness (QED) is 0.703. The summed E-state index contributed by atoms with van der Waals surface area (Å²) in [5.41, 5.74) is 4.65. The number of nitrogens with zero attached hydrogens (tertiary/aromatic N) is 3. The van der Waals surface area contributed by atoms with Crippen LogP contribution in [0.25, 0.3) is 11.4 Å². The molecule has 0 aliphatic carbocycles. The first-order valence-corrected chi connectivity index (χ1v) is 9.20. The molecule has 0 fully saturated rings. The molecule has 27 heavy (non-hydrogen) atoms. The van der Waals surface area contributed by atoms with Gasteiger partial charge in [-0.3, -0.25) is 0 Å². The van der Waals surface area contributed by atoms with Gasteiger partial charge in [-0.1, -0.05) is 48.0 Å². The standard InChI is InChI=1S/C21H19ClN4O/c1-14-7-8-19(17(22)11-14)25-21(27)26-10-9-18-16(13-26)12-23-20(24-18)15-5-3-2-4-6-15/h2-8,11-12H,9-10,13H2,1H3,(H,25,27). The molecule has 1 aromatic heterocycles. The van der Waals surface area contributed by atoms with E-state index in [-0.39, 0.29) is 6.03 Å².